The van der Waals surface area contributed by atoms with E-state index in [9.17, 15) is 0 Å². The van der Waals surface area contributed by atoms with Crippen LogP contribution in [0.4, 0.5) is 0 Å². The van der Waals surface area contributed by atoms with Crippen molar-refractivity contribution < 1.29 is 9.47 Å². The second-order valence-electron chi connectivity index (χ2n) is 4.63. The SMILES string of the molecule is COc1cc(CC(N)C2(C)CCCO2)ncn1. The van der Waals surface area contributed by atoms with Crippen molar-refractivity contribution in [2.24, 2.45) is 5.73 Å². The zero-order valence-corrected chi connectivity index (χ0v) is 10.3. The number of aromatic nitrogens is 2. The molecule has 2 unspecified atom stereocenters. The molecule has 5 nitrogen and oxygen atoms in total. The van der Waals surface area contributed by atoms with Crippen LogP contribution in [0.1, 0.15) is 25.5 Å². The second kappa shape index (κ2) is 4.98. The van der Waals surface area contributed by atoms with Gasteiger partial charge < -0.3 is 15.2 Å². The van der Waals surface area contributed by atoms with E-state index in [0.717, 1.165) is 25.1 Å². The third kappa shape index (κ3) is 2.73. The predicted molar refractivity (Wildman–Crippen MR) is 63.9 cm³/mol. The Labute approximate surface area is 101 Å². The minimum absolute atomic E-state index is 0.0513. The summed E-state index contributed by atoms with van der Waals surface area (Å²) < 4.78 is 10.8. The maximum absolute atomic E-state index is 6.21. The quantitative estimate of drug-likeness (QED) is 0.843. The van der Waals surface area contributed by atoms with Crippen molar-refractivity contribution in [2.45, 2.75) is 37.8 Å². The van der Waals surface area contributed by atoms with Crippen LogP contribution in [0.3, 0.4) is 0 Å². The summed E-state index contributed by atoms with van der Waals surface area (Å²) in [6.45, 7) is 2.88. The van der Waals surface area contributed by atoms with Crippen LogP contribution in [0.15, 0.2) is 12.4 Å². The summed E-state index contributed by atoms with van der Waals surface area (Å²) in [6.07, 6.45) is 4.27. The van der Waals surface area contributed by atoms with Crippen LogP contribution in [0.2, 0.25) is 0 Å². The van der Waals surface area contributed by atoms with Crippen molar-refractivity contribution in [1.82, 2.24) is 9.97 Å². The summed E-state index contributed by atoms with van der Waals surface area (Å²) in [7, 11) is 1.59. The third-order valence-corrected chi connectivity index (χ3v) is 3.37. The molecular formula is C12H19N3O2. The molecule has 1 aromatic rings. The number of nitrogens with two attached hydrogens (primary N) is 1. The first kappa shape index (κ1) is 12.3. The molecule has 17 heavy (non-hydrogen) atoms. The van der Waals surface area contributed by atoms with Crippen LogP contribution in [-0.4, -0.2) is 35.3 Å². The number of hydrogen-bond donors (Lipinski definition) is 1. The van der Waals surface area contributed by atoms with Crippen LogP contribution in [0.5, 0.6) is 5.88 Å². The van der Waals surface area contributed by atoms with E-state index >= 15 is 0 Å². The zero-order valence-electron chi connectivity index (χ0n) is 10.3. The first-order valence-electron chi connectivity index (χ1n) is 5.88. The van der Waals surface area contributed by atoms with E-state index in [4.69, 9.17) is 15.2 Å². The van der Waals surface area contributed by atoms with Gasteiger partial charge in [0.1, 0.15) is 6.33 Å². The molecule has 0 aliphatic carbocycles. The number of rotatable bonds is 4. The second-order valence-corrected chi connectivity index (χ2v) is 4.63. The van der Waals surface area contributed by atoms with Crippen LogP contribution in [0, 0.1) is 0 Å². The highest BCUT2D eigenvalue weighted by Gasteiger charge is 2.36. The van der Waals surface area contributed by atoms with Crippen molar-refractivity contribution in [3.8, 4) is 5.88 Å². The third-order valence-electron chi connectivity index (χ3n) is 3.37. The smallest absolute Gasteiger partial charge is 0.216 e. The van der Waals surface area contributed by atoms with E-state index in [0.29, 0.717) is 12.3 Å². The van der Waals surface area contributed by atoms with E-state index in [1.165, 1.54) is 6.33 Å². The van der Waals surface area contributed by atoms with Gasteiger partial charge in [0.25, 0.3) is 0 Å². The number of methoxy groups -OCH3 is 1. The summed E-state index contributed by atoms with van der Waals surface area (Å²) in [5.74, 6) is 0.569. The highest BCUT2D eigenvalue weighted by atomic mass is 16.5. The summed E-state index contributed by atoms with van der Waals surface area (Å²) in [6, 6.07) is 1.77. The first-order valence-corrected chi connectivity index (χ1v) is 5.88. The Morgan fingerprint density at radius 3 is 3.06 bits per heavy atom. The molecule has 1 aromatic heterocycles. The summed E-state index contributed by atoms with van der Waals surface area (Å²) in [4.78, 5) is 8.18. The van der Waals surface area contributed by atoms with Gasteiger partial charge in [0.15, 0.2) is 0 Å². The molecule has 0 radical (unpaired) electrons. The Balaban J connectivity index is 2.04. The summed E-state index contributed by atoms with van der Waals surface area (Å²) >= 11 is 0. The molecule has 1 aliphatic rings. The fraction of sp³-hybridized carbons (Fsp3) is 0.667. The van der Waals surface area contributed by atoms with Crippen molar-refractivity contribution in [3.63, 3.8) is 0 Å². The van der Waals surface area contributed by atoms with Gasteiger partial charge in [-0.1, -0.05) is 0 Å². The lowest BCUT2D eigenvalue weighted by Crippen LogP contribution is -2.46. The Morgan fingerprint density at radius 1 is 1.59 bits per heavy atom. The van der Waals surface area contributed by atoms with E-state index < -0.39 is 0 Å². The normalized spacial score (nSPS) is 25.8. The molecule has 2 N–H and O–H groups in total. The van der Waals surface area contributed by atoms with Gasteiger partial charge in [-0.15, -0.1) is 0 Å². The molecule has 2 atom stereocenters. The monoisotopic (exact) mass is 237 g/mol. The van der Waals surface area contributed by atoms with E-state index in [1.54, 1.807) is 7.11 Å². The molecule has 0 bridgehead atoms. The highest BCUT2D eigenvalue weighted by molar-refractivity contribution is 5.15. The lowest BCUT2D eigenvalue weighted by atomic mass is 9.90. The molecule has 0 amide bonds. The van der Waals surface area contributed by atoms with E-state index in [2.05, 4.69) is 16.9 Å². The van der Waals surface area contributed by atoms with E-state index in [1.807, 2.05) is 6.07 Å². The van der Waals surface area contributed by atoms with Gasteiger partial charge in [-0.05, 0) is 19.8 Å². The van der Waals surface area contributed by atoms with Crippen molar-refractivity contribution in [2.75, 3.05) is 13.7 Å². The molecule has 1 aliphatic heterocycles. The maximum atomic E-state index is 6.21. The largest absolute Gasteiger partial charge is 0.481 e. The van der Waals surface area contributed by atoms with Crippen molar-refractivity contribution >= 4 is 0 Å². The Bertz CT molecular complexity index is 378. The Hall–Kier alpha value is -1.20. The summed E-state index contributed by atoms with van der Waals surface area (Å²) in [5, 5.41) is 0. The zero-order chi connectivity index (χ0) is 12.3. The van der Waals surface area contributed by atoms with Gasteiger partial charge in [0.2, 0.25) is 5.88 Å². The minimum atomic E-state index is -0.224. The van der Waals surface area contributed by atoms with Crippen LogP contribution < -0.4 is 10.5 Å². The fourth-order valence-corrected chi connectivity index (χ4v) is 2.13. The molecule has 5 heteroatoms. The van der Waals surface area contributed by atoms with Gasteiger partial charge >= 0.3 is 0 Å². The Kier molecular flexibility index (Phi) is 3.59. The average molecular weight is 237 g/mol. The predicted octanol–water partition coefficient (Wildman–Crippen LogP) is 0.924. The van der Waals surface area contributed by atoms with Crippen molar-refractivity contribution in [3.05, 3.63) is 18.1 Å². The molecule has 1 saturated heterocycles. The number of ether oxygens (including phenoxy) is 2. The molecule has 0 aromatic carbocycles. The van der Waals surface area contributed by atoms with Crippen molar-refractivity contribution in [1.29, 1.82) is 0 Å². The molecule has 2 heterocycles. The summed E-state index contributed by atoms with van der Waals surface area (Å²) in [5.41, 5.74) is 6.88. The van der Waals surface area contributed by atoms with Gasteiger partial charge in [0.05, 0.1) is 12.7 Å². The molecule has 94 valence electrons. The lowest BCUT2D eigenvalue weighted by molar-refractivity contribution is -0.00114. The van der Waals surface area contributed by atoms with Gasteiger partial charge in [-0.3, -0.25) is 0 Å². The van der Waals surface area contributed by atoms with Gasteiger partial charge in [0, 0.05) is 30.8 Å². The molecule has 0 saturated carbocycles. The van der Waals surface area contributed by atoms with Gasteiger partial charge in [-0.2, -0.15) is 0 Å². The van der Waals surface area contributed by atoms with E-state index in [-0.39, 0.29) is 11.6 Å². The number of nitrogens with zero attached hydrogens (tertiary/aromatic N) is 2. The lowest BCUT2D eigenvalue weighted by Gasteiger charge is -2.30. The van der Waals surface area contributed by atoms with Gasteiger partial charge in [-0.25, -0.2) is 9.97 Å². The topological polar surface area (TPSA) is 70.3 Å². The maximum Gasteiger partial charge on any atom is 0.216 e. The minimum Gasteiger partial charge on any atom is -0.481 e. The van der Waals surface area contributed by atoms with Crippen LogP contribution in [-0.2, 0) is 11.2 Å². The van der Waals surface area contributed by atoms with Crippen LogP contribution >= 0.6 is 0 Å². The molecule has 1 fully saturated rings. The molecule has 2 rings (SSSR count). The molecule has 0 spiro atoms. The average Bonchev–Trinajstić information content (AvgIpc) is 2.78. The first-order chi connectivity index (χ1) is 8.14. The standard InChI is InChI=1S/C12H19N3O2/c1-12(4-3-5-17-12)10(13)6-9-7-11(16-2)15-8-14-9/h7-8,10H,3-6,13H2,1-2H3. The molecular weight excluding hydrogens is 218 g/mol. The van der Waals surface area contributed by atoms with Crippen LogP contribution in [0.25, 0.3) is 0 Å². The number of hydrogen-bond acceptors (Lipinski definition) is 5. The fourth-order valence-electron chi connectivity index (χ4n) is 2.13. The Morgan fingerprint density at radius 2 is 2.41 bits per heavy atom. The highest BCUT2D eigenvalue weighted by Crippen LogP contribution is 2.29.